The topological polar surface area (TPSA) is 12.0 Å². The minimum atomic E-state index is -0.467. The van der Waals surface area contributed by atoms with Crippen LogP contribution in [0.5, 0.6) is 0 Å². The molecular weight excluding hydrogens is 268 g/mol. The lowest BCUT2D eigenvalue weighted by atomic mass is 9.97. The molecular formula is C18H29F2N. The SMILES string of the molecule is CCCCCCCCC(NCC)c1cc(C)c(F)cc1F. The predicted octanol–water partition coefficient (Wildman–Crippen LogP) is 5.67. The number of unbranched alkanes of at least 4 members (excludes halogenated alkanes) is 5. The molecule has 0 saturated heterocycles. The highest BCUT2D eigenvalue weighted by Crippen LogP contribution is 2.25. The van der Waals surface area contributed by atoms with Crippen LogP contribution in [-0.2, 0) is 0 Å². The van der Waals surface area contributed by atoms with Gasteiger partial charge in [0, 0.05) is 17.7 Å². The maximum absolute atomic E-state index is 14.0. The molecule has 0 heterocycles. The van der Waals surface area contributed by atoms with E-state index in [2.05, 4.69) is 12.2 Å². The smallest absolute Gasteiger partial charge is 0.130 e. The molecule has 0 fully saturated rings. The first kappa shape index (κ1) is 18.1. The van der Waals surface area contributed by atoms with Crippen LogP contribution in [0.15, 0.2) is 12.1 Å². The summed E-state index contributed by atoms with van der Waals surface area (Å²) in [6, 6.07) is 2.64. The van der Waals surface area contributed by atoms with E-state index < -0.39 is 11.6 Å². The molecule has 1 atom stereocenters. The molecule has 1 aromatic carbocycles. The molecule has 0 aliphatic carbocycles. The van der Waals surface area contributed by atoms with Crippen LogP contribution in [0, 0.1) is 18.6 Å². The van der Waals surface area contributed by atoms with Crippen LogP contribution in [-0.4, -0.2) is 6.54 Å². The fourth-order valence-electron chi connectivity index (χ4n) is 2.69. The predicted molar refractivity (Wildman–Crippen MR) is 85.5 cm³/mol. The van der Waals surface area contributed by atoms with Crippen LogP contribution in [0.2, 0.25) is 0 Å². The minimum Gasteiger partial charge on any atom is -0.310 e. The quantitative estimate of drug-likeness (QED) is 0.548. The molecule has 3 heteroatoms. The van der Waals surface area contributed by atoms with E-state index in [0.29, 0.717) is 11.1 Å². The number of hydrogen-bond donors (Lipinski definition) is 1. The average Bonchev–Trinajstić information content (AvgIpc) is 2.45. The number of nitrogens with one attached hydrogen (secondary N) is 1. The highest BCUT2D eigenvalue weighted by atomic mass is 19.1. The first-order valence-electron chi connectivity index (χ1n) is 8.29. The Balaban J connectivity index is 2.58. The Morgan fingerprint density at radius 2 is 1.62 bits per heavy atom. The van der Waals surface area contributed by atoms with Gasteiger partial charge in [0.05, 0.1) is 0 Å². The zero-order chi connectivity index (χ0) is 15.7. The van der Waals surface area contributed by atoms with Crippen LogP contribution >= 0.6 is 0 Å². The third kappa shape index (κ3) is 6.13. The lowest BCUT2D eigenvalue weighted by Gasteiger charge is -2.20. The maximum atomic E-state index is 14.0. The monoisotopic (exact) mass is 297 g/mol. The molecule has 1 aromatic rings. The molecule has 1 rings (SSSR count). The summed E-state index contributed by atoms with van der Waals surface area (Å²) in [6.45, 7) is 6.70. The van der Waals surface area contributed by atoms with Crippen LogP contribution in [0.3, 0.4) is 0 Å². The van der Waals surface area contributed by atoms with Crippen molar-refractivity contribution in [2.45, 2.75) is 71.8 Å². The molecule has 0 bridgehead atoms. The first-order valence-corrected chi connectivity index (χ1v) is 8.29. The highest BCUT2D eigenvalue weighted by molar-refractivity contribution is 5.28. The summed E-state index contributed by atoms with van der Waals surface area (Å²) in [5.41, 5.74) is 1.11. The number of benzene rings is 1. The van der Waals surface area contributed by atoms with Crippen LogP contribution in [0.25, 0.3) is 0 Å². The van der Waals surface area contributed by atoms with Gasteiger partial charge in [0.25, 0.3) is 0 Å². The van der Waals surface area contributed by atoms with E-state index >= 15 is 0 Å². The summed E-state index contributed by atoms with van der Waals surface area (Å²) in [6.07, 6.45) is 8.25. The largest absolute Gasteiger partial charge is 0.310 e. The molecule has 0 amide bonds. The van der Waals surface area contributed by atoms with E-state index in [4.69, 9.17) is 0 Å². The van der Waals surface area contributed by atoms with Gasteiger partial charge in [-0.25, -0.2) is 8.78 Å². The molecule has 1 unspecified atom stereocenters. The molecule has 1 N–H and O–H groups in total. The van der Waals surface area contributed by atoms with Crippen molar-refractivity contribution < 1.29 is 8.78 Å². The fourth-order valence-corrected chi connectivity index (χ4v) is 2.69. The summed E-state index contributed by atoms with van der Waals surface area (Å²) in [5, 5.41) is 3.33. The van der Waals surface area contributed by atoms with Gasteiger partial charge in [-0.1, -0.05) is 52.4 Å². The normalized spacial score (nSPS) is 12.6. The van der Waals surface area contributed by atoms with Crippen LogP contribution in [0.1, 0.15) is 76.0 Å². The Hall–Kier alpha value is -0.960. The summed E-state index contributed by atoms with van der Waals surface area (Å²) in [5.74, 6) is -0.902. The van der Waals surface area contributed by atoms with Crippen LogP contribution < -0.4 is 5.32 Å². The van der Waals surface area contributed by atoms with E-state index in [9.17, 15) is 8.78 Å². The van der Waals surface area contributed by atoms with Crippen molar-refractivity contribution in [3.63, 3.8) is 0 Å². The summed E-state index contributed by atoms with van der Waals surface area (Å²) in [4.78, 5) is 0. The molecule has 0 aliphatic rings. The van der Waals surface area contributed by atoms with E-state index in [-0.39, 0.29) is 6.04 Å². The molecule has 21 heavy (non-hydrogen) atoms. The fraction of sp³-hybridized carbons (Fsp3) is 0.667. The van der Waals surface area contributed by atoms with Crippen molar-refractivity contribution in [2.24, 2.45) is 0 Å². The lowest BCUT2D eigenvalue weighted by Crippen LogP contribution is -2.22. The second-order valence-corrected chi connectivity index (χ2v) is 5.79. The Kier molecular flexibility index (Phi) is 8.51. The zero-order valence-corrected chi connectivity index (χ0v) is 13.6. The zero-order valence-electron chi connectivity index (χ0n) is 13.6. The van der Waals surface area contributed by atoms with Gasteiger partial charge >= 0.3 is 0 Å². The second kappa shape index (κ2) is 9.88. The van der Waals surface area contributed by atoms with E-state index in [1.807, 2.05) is 6.92 Å². The van der Waals surface area contributed by atoms with Gasteiger partial charge in [0.1, 0.15) is 11.6 Å². The van der Waals surface area contributed by atoms with Crippen molar-refractivity contribution in [3.8, 4) is 0 Å². The van der Waals surface area contributed by atoms with Gasteiger partial charge < -0.3 is 5.32 Å². The van der Waals surface area contributed by atoms with E-state index in [0.717, 1.165) is 25.5 Å². The third-order valence-electron chi connectivity index (χ3n) is 3.95. The summed E-state index contributed by atoms with van der Waals surface area (Å²) < 4.78 is 27.4. The Morgan fingerprint density at radius 1 is 0.952 bits per heavy atom. The van der Waals surface area contributed by atoms with Crippen molar-refractivity contribution in [2.75, 3.05) is 6.54 Å². The van der Waals surface area contributed by atoms with Gasteiger partial charge in [-0.2, -0.15) is 0 Å². The first-order chi connectivity index (χ1) is 10.1. The van der Waals surface area contributed by atoms with Crippen LogP contribution in [0.4, 0.5) is 8.78 Å². The van der Waals surface area contributed by atoms with E-state index in [1.54, 1.807) is 13.0 Å². The Bertz CT molecular complexity index is 418. The Labute approximate surface area is 128 Å². The van der Waals surface area contributed by atoms with Gasteiger partial charge in [0.2, 0.25) is 0 Å². The van der Waals surface area contributed by atoms with Crippen molar-refractivity contribution in [1.29, 1.82) is 0 Å². The number of aryl methyl sites for hydroxylation is 1. The second-order valence-electron chi connectivity index (χ2n) is 5.79. The standard InChI is InChI=1S/C18H29F2N/c1-4-6-7-8-9-10-11-18(21-5-2)15-12-14(3)16(19)13-17(15)20/h12-13,18,21H,4-11H2,1-3H3. The van der Waals surface area contributed by atoms with Gasteiger partial charge in [-0.3, -0.25) is 0 Å². The summed E-state index contributed by atoms with van der Waals surface area (Å²) in [7, 11) is 0. The number of rotatable bonds is 10. The van der Waals surface area contributed by atoms with Crippen molar-refractivity contribution in [1.82, 2.24) is 5.32 Å². The van der Waals surface area contributed by atoms with Crippen molar-refractivity contribution >= 4 is 0 Å². The lowest BCUT2D eigenvalue weighted by molar-refractivity contribution is 0.454. The van der Waals surface area contributed by atoms with Gasteiger partial charge in [0.15, 0.2) is 0 Å². The van der Waals surface area contributed by atoms with Gasteiger partial charge in [-0.05, 0) is 31.5 Å². The molecule has 1 nitrogen and oxygen atoms in total. The third-order valence-corrected chi connectivity index (χ3v) is 3.95. The average molecular weight is 297 g/mol. The molecule has 0 aromatic heterocycles. The Morgan fingerprint density at radius 3 is 2.29 bits per heavy atom. The molecule has 0 aliphatic heterocycles. The maximum Gasteiger partial charge on any atom is 0.130 e. The molecule has 0 radical (unpaired) electrons. The molecule has 0 saturated carbocycles. The molecule has 0 spiro atoms. The van der Waals surface area contributed by atoms with E-state index in [1.165, 1.54) is 32.1 Å². The number of halogens is 2. The van der Waals surface area contributed by atoms with Gasteiger partial charge in [-0.15, -0.1) is 0 Å². The van der Waals surface area contributed by atoms with Crippen molar-refractivity contribution in [3.05, 3.63) is 34.9 Å². The summed E-state index contributed by atoms with van der Waals surface area (Å²) >= 11 is 0. The highest BCUT2D eigenvalue weighted by Gasteiger charge is 2.16. The molecule has 120 valence electrons. The minimum absolute atomic E-state index is 0.0134. The number of hydrogen-bond acceptors (Lipinski definition) is 1.